The van der Waals surface area contributed by atoms with Crippen LogP contribution in [-0.2, 0) is 17.6 Å². The molecule has 1 atom stereocenters. The molecule has 10 nitrogen and oxygen atoms in total. The summed E-state index contributed by atoms with van der Waals surface area (Å²) in [7, 11) is 0. The fraction of sp³-hybridized carbons (Fsp3) is 0.417. The van der Waals surface area contributed by atoms with Crippen molar-refractivity contribution in [1.29, 1.82) is 0 Å². The van der Waals surface area contributed by atoms with Crippen molar-refractivity contribution < 1.29 is 9.47 Å². The fourth-order valence-electron chi connectivity index (χ4n) is 3.85. The Labute approximate surface area is 206 Å². The van der Waals surface area contributed by atoms with Gasteiger partial charge in [0, 0.05) is 30.5 Å². The number of hydrogen-bond acceptors (Lipinski definition) is 9. The Morgan fingerprint density at radius 1 is 1.31 bits per heavy atom. The van der Waals surface area contributed by atoms with Crippen molar-refractivity contribution in [2.45, 2.75) is 39.0 Å². The lowest BCUT2D eigenvalue weighted by Crippen LogP contribution is -2.21. The summed E-state index contributed by atoms with van der Waals surface area (Å²) < 4.78 is 13.0. The zero-order valence-electron chi connectivity index (χ0n) is 19.7. The van der Waals surface area contributed by atoms with Crippen LogP contribution in [0.25, 0.3) is 17.8 Å². The first-order valence-corrected chi connectivity index (χ1v) is 12.6. The third kappa shape index (κ3) is 5.46. The first kappa shape index (κ1) is 23.3. The van der Waals surface area contributed by atoms with Crippen LogP contribution >= 0.6 is 11.3 Å². The van der Waals surface area contributed by atoms with Crippen molar-refractivity contribution in [3.8, 4) is 5.88 Å². The molecule has 1 N–H and O–H groups in total. The third-order valence-corrected chi connectivity index (χ3v) is 6.86. The maximum Gasteiger partial charge on any atom is 0.269 e. The lowest BCUT2D eigenvalue weighted by Gasteiger charge is -2.13. The Hall–Kier alpha value is -3.44. The number of nitrogens with one attached hydrogen (secondary N) is 1. The van der Waals surface area contributed by atoms with Crippen LogP contribution in [0, 0.1) is 5.92 Å². The van der Waals surface area contributed by atoms with Gasteiger partial charge in [0.1, 0.15) is 11.2 Å². The molecule has 5 heterocycles. The van der Waals surface area contributed by atoms with Crippen LogP contribution in [0.4, 0.5) is 0 Å². The first-order chi connectivity index (χ1) is 17.1. The highest BCUT2D eigenvalue weighted by atomic mass is 32.1. The first-order valence-electron chi connectivity index (χ1n) is 11.7. The number of tetrazole rings is 1. The highest BCUT2D eigenvalue weighted by Crippen LogP contribution is 2.22. The molecule has 1 aliphatic heterocycles. The summed E-state index contributed by atoms with van der Waals surface area (Å²) in [6.07, 6.45) is 7.61. The number of aryl methyl sites for hydroxylation is 2. The summed E-state index contributed by atoms with van der Waals surface area (Å²) in [6.45, 7) is 6.12. The number of pyridine rings is 1. The van der Waals surface area contributed by atoms with Crippen molar-refractivity contribution in [3.63, 3.8) is 0 Å². The molecule has 0 radical (unpaired) electrons. The Balaban J connectivity index is 1.42. The van der Waals surface area contributed by atoms with Crippen LogP contribution in [0.2, 0.25) is 0 Å². The van der Waals surface area contributed by atoms with E-state index in [2.05, 4.69) is 39.9 Å². The highest BCUT2D eigenvalue weighted by molar-refractivity contribution is 7.09. The largest absolute Gasteiger partial charge is 0.477 e. The Morgan fingerprint density at radius 2 is 2.23 bits per heavy atom. The second-order valence-electron chi connectivity index (χ2n) is 8.88. The van der Waals surface area contributed by atoms with Gasteiger partial charge in [-0.1, -0.05) is 13.8 Å². The predicted octanol–water partition coefficient (Wildman–Crippen LogP) is 3.16. The van der Waals surface area contributed by atoms with E-state index >= 15 is 0 Å². The summed E-state index contributed by atoms with van der Waals surface area (Å²) >= 11 is 1.69. The quantitative estimate of drug-likeness (QED) is 0.378. The maximum absolute atomic E-state index is 13.4. The number of ether oxygens (including phenoxy) is 2. The van der Waals surface area contributed by atoms with Gasteiger partial charge in [0.2, 0.25) is 5.88 Å². The molecule has 1 unspecified atom stereocenters. The molecule has 0 amide bonds. The van der Waals surface area contributed by atoms with E-state index < -0.39 is 0 Å². The predicted molar refractivity (Wildman–Crippen MR) is 133 cm³/mol. The molecule has 35 heavy (non-hydrogen) atoms. The topological polar surface area (TPSA) is 120 Å². The summed E-state index contributed by atoms with van der Waals surface area (Å²) in [6, 6.07) is 3.90. The van der Waals surface area contributed by atoms with Gasteiger partial charge in [-0.25, -0.2) is 10.1 Å². The lowest BCUT2D eigenvalue weighted by molar-refractivity contribution is 0.165. The maximum atomic E-state index is 13.4. The molecular weight excluding hydrogens is 466 g/mol. The number of thiazole rings is 1. The number of H-pyrrole nitrogens is 1. The lowest BCUT2D eigenvalue weighted by atomic mass is 10.1. The minimum Gasteiger partial charge on any atom is -0.477 e. The fourth-order valence-corrected chi connectivity index (χ4v) is 4.81. The molecule has 11 heteroatoms. The standard InChI is InChI=1S/C24H27N7O3S/c1-15(2)19-14-35-22(25-19)6-3-16-7-9-31-21(11-16)26-23(34-13-17-8-10-33-12-17)18(24(31)32)4-5-20-27-29-30-28-20/h4-5,7,9,11,14-15,17H,3,6,8,10,12-13H2,1-2H3,(H,27,28,29,30). The van der Waals surface area contributed by atoms with Gasteiger partial charge >= 0.3 is 0 Å². The Morgan fingerprint density at radius 3 is 2.97 bits per heavy atom. The van der Waals surface area contributed by atoms with Crippen molar-refractivity contribution in [3.05, 3.63) is 61.7 Å². The van der Waals surface area contributed by atoms with E-state index in [0.717, 1.165) is 42.1 Å². The van der Waals surface area contributed by atoms with E-state index in [0.29, 0.717) is 42.0 Å². The molecule has 182 valence electrons. The molecule has 4 aromatic rings. The third-order valence-electron chi connectivity index (χ3n) is 5.93. The van der Waals surface area contributed by atoms with Gasteiger partial charge in [-0.3, -0.25) is 9.20 Å². The van der Waals surface area contributed by atoms with Gasteiger partial charge in [0.05, 0.1) is 23.9 Å². The van der Waals surface area contributed by atoms with Crippen LogP contribution in [0.5, 0.6) is 5.88 Å². The van der Waals surface area contributed by atoms with Crippen LogP contribution in [0.1, 0.15) is 53.8 Å². The van der Waals surface area contributed by atoms with Crippen molar-refractivity contribution >= 4 is 29.1 Å². The van der Waals surface area contributed by atoms with E-state index in [-0.39, 0.29) is 11.5 Å². The minimum absolute atomic E-state index is 0.218. The van der Waals surface area contributed by atoms with Gasteiger partial charge in [-0.05, 0) is 59.0 Å². The number of fused-ring (bicyclic) bond motifs is 1. The van der Waals surface area contributed by atoms with Gasteiger partial charge < -0.3 is 9.47 Å². The number of nitrogens with zero attached hydrogens (tertiary/aromatic N) is 6. The molecular formula is C24H27N7O3S. The van der Waals surface area contributed by atoms with Gasteiger partial charge in [0.25, 0.3) is 5.56 Å². The summed E-state index contributed by atoms with van der Waals surface area (Å²) in [4.78, 5) is 22.8. The SMILES string of the molecule is CC(C)c1csc(CCc2ccn3c(=O)c(C=Cc4nnn[nH]4)c(OCC4CCOC4)nc3c2)n1. The second kappa shape index (κ2) is 10.4. The normalized spacial score (nSPS) is 16.1. The van der Waals surface area contributed by atoms with E-state index in [1.807, 2.05) is 12.1 Å². The van der Waals surface area contributed by atoms with E-state index in [9.17, 15) is 4.79 Å². The van der Waals surface area contributed by atoms with Crippen LogP contribution < -0.4 is 10.3 Å². The molecule has 4 aromatic heterocycles. The molecule has 1 fully saturated rings. The molecule has 0 aliphatic carbocycles. The molecule has 1 aliphatic rings. The monoisotopic (exact) mass is 493 g/mol. The van der Waals surface area contributed by atoms with E-state index in [1.165, 1.54) is 4.40 Å². The van der Waals surface area contributed by atoms with Crippen molar-refractivity contribution in [2.75, 3.05) is 19.8 Å². The number of hydrogen-bond donors (Lipinski definition) is 1. The van der Waals surface area contributed by atoms with Crippen molar-refractivity contribution in [1.82, 2.24) is 35.0 Å². The minimum atomic E-state index is -0.218. The molecule has 0 aromatic carbocycles. The average Bonchev–Trinajstić information content (AvgIpc) is 3.64. The highest BCUT2D eigenvalue weighted by Gasteiger charge is 2.19. The molecule has 5 rings (SSSR count). The zero-order valence-corrected chi connectivity index (χ0v) is 20.5. The molecule has 0 spiro atoms. The van der Waals surface area contributed by atoms with Crippen LogP contribution in [0.3, 0.4) is 0 Å². The number of rotatable bonds is 9. The van der Waals surface area contributed by atoms with Crippen molar-refractivity contribution in [2.24, 2.45) is 5.92 Å². The smallest absolute Gasteiger partial charge is 0.269 e. The van der Waals surface area contributed by atoms with Gasteiger partial charge in [-0.2, -0.15) is 4.98 Å². The van der Waals surface area contributed by atoms with Gasteiger partial charge in [-0.15, -0.1) is 16.4 Å². The molecule has 1 saturated heterocycles. The van der Waals surface area contributed by atoms with Crippen LogP contribution in [-0.4, -0.2) is 54.8 Å². The Bertz CT molecular complexity index is 1370. The molecule has 0 bridgehead atoms. The average molecular weight is 494 g/mol. The van der Waals surface area contributed by atoms with Gasteiger partial charge in [0.15, 0.2) is 5.82 Å². The Kier molecular flexibility index (Phi) is 6.96. The molecule has 0 saturated carbocycles. The van der Waals surface area contributed by atoms with E-state index in [4.69, 9.17) is 19.4 Å². The number of aromatic amines is 1. The summed E-state index contributed by atoms with van der Waals surface area (Å²) in [5.74, 6) is 1.44. The second-order valence-corrected chi connectivity index (χ2v) is 9.82. The number of aromatic nitrogens is 7. The van der Waals surface area contributed by atoms with Crippen LogP contribution in [0.15, 0.2) is 28.5 Å². The summed E-state index contributed by atoms with van der Waals surface area (Å²) in [5, 5.41) is 16.8. The zero-order chi connectivity index (χ0) is 24.2. The summed E-state index contributed by atoms with van der Waals surface area (Å²) in [5.41, 5.74) is 2.89. The van der Waals surface area contributed by atoms with E-state index in [1.54, 1.807) is 29.7 Å².